The molecule has 0 aliphatic heterocycles. The average Bonchev–Trinajstić information content (AvgIpc) is 3.10. The normalized spacial score (nSPS) is 17.6. The highest BCUT2D eigenvalue weighted by atomic mass is 32.1. The number of rotatable bonds is 3. The zero-order chi connectivity index (χ0) is 18.5. The van der Waals surface area contributed by atoms with Gasteiger partial charge in [0.05, 0.1) is 9.88 Å². The van der Waals surface area contributed by atoms with E-state index in [0.29, 0.717) is 21.4 Å². The summed E-state index contributed by atoms with van der Waals surface area (Å²) in [7, 11) is 0. The molecule has 1 atom stereocenters. The van der Waals surface area contributed by atoms with Gasteiger partial charge >= 0.3 is 6.18 Å². The minimum absolute atomic E-state index is 0.0150. The summed E-state index contributed by atoms with van der Waals surface area (Å²) in [4.78, 5) is 28.7. The zero-order valence-electron chi connectivity index (χ0n) is 13.8. The number of carbonyl (C=O) groups is 1. The maximum Gasteiger partial charge on any atom is 0.443 e. The molecule has 0 fully saturated rings. The quantitative estimate of drug-likeness (QED) is 0.840. The van der Waals surface area contributed by atoms with Crippen LogP contribution in [-0.2, 0) is 6.18 Å². The number of hydrogen-bond donors (Lipinski definition) is 1. The molecule has 1 N–H and O–H groups in total. The van der Waals surface area contributed by atoms with Gasteiger partial charge in [-0.25, -0.2) is 4.98 Å². The highest BCUT2D eigenvalue weighted by Gasteiger charge is 2.36. The van der Waals surface area contributed by atoms with Crippen LogP contribution in [0.5, 0.6) is 0 Å². The number of fused-ring (bicyclic) bond motifs is 1. The molecule has 0 radical (unpaired) electrons. The van der Waals surface area contributed by atoms with Crippen molar-refractivity contribution in [2.45, 2.75) is 39.4 Å². The predicted molar refractivity (Wildman–Crippen MR) is 87.8 cm³/mol. The molecule has 2 heterocycles. The van der Waals surface area contributed by atoms with Crippen molar-refractivity contribution in [3.63, 3.8) is 0 Å². The summed E-state index contributed by atoms with van der Waals surface area (Å²) in [6, 6.07) is -0.128. The number of thiazole rings is 1. The minimum Gasteiger partial charge on any atom is -0.302 e. The van der Waals surface area contributed by atoms with Crippen molar-refractivity contribution >= 4 is 28.8 Å². The van der Waals surface area contributed by atoms with E-state index in [9.17, 15) is 22.8 Å². The lowest BCUT2D eigenvalue weighted by Crippen LogP contribution is -2.34. The van der Waals surface area contributed by atoms with Gasteiger partial charge in [-0.05, 0) is 32.8 Å². The van der Waals surface area contributed by atoms with E-state index in [1.165, 1.54) is 10.9 Å². The summed E-state index contributed by atoms with van der Waals surface area (Å²) in [6.45, 7) is 5.21. The van der Waals surface area contributed by atoms with Crippen LogP contribution >= 0.6 is 11.3 Å². The number of hydrogen-bond acceptors (Lipinski definition) is 4. The van der Waals surface area contributed by atoms with Crippen molar-refractivity contribution < 1.29 is 18.0 Å². The maximum atomic E-state index is 12.9. The summed E-state index contributed by atoms with van der Waals surface area (Å²) in [5, 5.41) is 2.02. The molecular weight excluding hydrogens is 355 g/mol. The number of aromatic amines is 1. The van der Waals surface area contributed by atoms with E-state index in [2.05, 4.69) is 10.1 Å². The van der Waals surface area contributed by atoms with Gasteiger partial charge in [-0.15, -0.1) is 11.3 Å². The van der Waals surface area contributed by atoms with Crippen LogP contribution in [0.25, 0.3) is 11.6 Å². The lowest BCUT2D eigenvalue weighted by molar-refractivity contribution is -0.137. The van der Waals surface area contributed by atoms with E-state index in [-0.39, 0.29) is 23.4 Å². The fourth-order valence-corrected chi connectivity index (χ4v) is 3.82. The molecule has 0 aromatic carbocycles. The first kappa shape index (κ1) is 17.7. The van der Waals surface area contributed by atoms with Crippen molar-refractivity contribution in [1.29, 1.82) is 0 Å². The molecule has 1 aliphatic carbocycles. The van der Waals surface area contributed by atoms with Crippen molar-refractivity contribution in [3.05, 3.63) is 37.0 Å². The molecule has 25 heavy (non-hydrogen) atoms. The van der Waals surface area contributed by atoms with E-state index in [1.54, 1.807) is 26.8 Å². The number of H-pyrrole nitrogens is 1. The second kappa shape index (κ2) is 5.98. The Kier molecular flexibility index (Phi) is 4.22. The second-order valence-corrected chi connectivity index (χ2v) is 7.26. The monoisotopic (exact) mass is 371 g/mol. The van der Waals surface area contributed by atoms with E-state index in [0.717, 1.165) is 0 Å². The van der Waals surface area contributed by atoms with Crippen LogP contribution in [0.4, 0.5) is 13.2 Å². The molecule has 0 saturated heterocycles. The molecule has 0 amide bonds. The first-order valence-corrected chi connectivity index (χ1v) is 8.52. The first-order chi connectivity index (χ1) is 11.6. The van der Waals surface area contributed by atoms with Gasteiger partial charge in [0, 0.05) is 18.2 Å². The number of nitrogens with zero attached hydrogens (tertiary/aromatic N) is 2. The van der Waals surface area contributed by atoms with Crippen LogP contribution in [0.3, 0.4) is 0 Å². The van der Waals surface area contributed by atoms with E-state index in [4.69, 9.17) is 0 Å². The van der Waals surface area contributed by atoms with Crippen LogP contribution in [0.1, 0.15) is 48.6 Å². The summed E-state index contributed by atoms with van der Waals surface area (Å²) in [5.74, 6) is -1.08. The van der Waals surface area contributed by atoms with Gasteiger partial charge in [-0.3, -0.25) is 14.3 Å². The van der Waals surface area contributed by atoms with Crippen LogP contribution in [-0.4, -0.2) is 20.5 Å². The Bertz CT molecular complexity index is 1010. The predicted octanol–water partition coefficient (Wildman–Crippen LogP) is 2.09. The summed E-state index contributed by atoms with van der Waals surface area (Å²) >= 11 is 0.571. The Morgan fingerprint density at radius 3 is 2.68 bits per heavy atom. The molecule has 0 saturated carbocycles. The molecule has 2 aromatic heterocycles. The van der Waals surface area contributed by atoms with Gasteiger partial charge in [-0.1, -0.05) is 6.08 Å². The van der Waals surface area contributed by atoms with Crippen molar-refractivity contribution in [3.8, 4) is 0 Å². The lowest BCUT2D eigenvalue weighted by Gasteiger charge is -2.15. The third-order valence-corrected chi connectivity index (χ3v) is 5.32. The summed E-state index contributed by atoms with van der Waals surface area (Å²) < 4.78 is 40.3. The Morgan fingerprint density at radius 1 is 1.44 bits per heavy atom. The van der Waals surface area contributed by atoms with E-state index in [1.807, 2.05) is 0 Å². The highest BCUT2D eigenvalue weighted by Crippen LogP contribution is 2.29. The molecule has 1 aliphatic rings. The molecule has 5 nitrogen and oxygen atoms in total. The largest absolute Gasteiger partial charge is 0.443 e. The second-order valence-electron chi connectivity index (χ2n) is 6.23. The van der Waals surface area contributed by atoms with Crippen LogP contribution in [0.2, 0.25) is 0 Å². The Morgan fingerprint density at radius 2 is 2.12 bits per heavy atom. The van der Waals surface area contributed by atoms with Gasteiger partial charge in [0.25, 0.3) is 5.56 Å². The van der Waals surface area contributed by atoms with Crippen LogP contribution < -0.4 is 15.4 Å². The molecular formula is C16H16F3N3O2S. The zero-order valence-corrected chi connectivity index (χ0v) is 14.6. The number of aromatic nitrogens is 3. The molecule has 0 bridgehead atoms. The van der Waals surface area contributed by atoms with Crippen molar-refractivity contribution in [2.24, 2.45) is 5.92 Å². The van der Waals surface area contributed by atoms with Gasteiger partial charge < -0.3 is 5.10 Å². The van der Waals surface area contributed by atoms with Crippen molar-refractivity contribution in [1.82, 2.24) is 14.8 Å². The third-order valence-electron chi connectivity index (χ3n) is 4.23. The average molecular weight is 371 g/mol. The lowest BCUT2D eigenvalue weighted by atomic mass is 9.87. The summed E-state index contributed by atoms with van der Waals surface area (Å²) in [5.41, 5.74) is 0.0555. The van der Waals surface area contributed by atoms with Crippen LogP contribution in [0, 0.1) is 5.92 Å². The number of alkyl halides is 3. The number of ketones is 1. The molecule has 9 heteroatoms. The fraction of sp³-hybridized carbons (Fsp3) is 0.438. The Hall–Kier alpha value is -2.16. The Labute approximate surface area is 144 Å². The first-order valence-electron chi connectivity index (χ1n) is 7.70. The molecule has 0 spiro atoms. The SMILES string of the molecule is CC1=c2nc(C(F)(F)F)sc2=CCC1C(=O)c1c[nH]n(C(C)C)c1=O. The fourth-order valence-electron chi connectivity index (χ4n) is 2.88. The molecule has 3 rings (SSSR count). The third kappa shape index (κ3) is 2.97. The van der Waals surface area contributed by atoms with Crippen LogP contribution in [0.15, 0.2) is 11.0 Å². The number of halogens is 3. The van der Waals surface area contributed by atoms with E-state index >= 15 is 0 Å². The highest BCUT2D eigenvalue weighted by molar-refractivity contribution is 7.09. The number of Topliss-reactive ketones (excluding diaryl/α,β-unsaturated/α-hetero) is 1. The smallest absolute Gasteiger partial charge is 0.302 e. The number of nitrogens with one attached hydrogen (secondary N) is 1. The molecule has 1 unspecified atom stereocenters. The maximum absolute atomic E-state index is 12.9. The molecule has 134 valence electrons. The number of carbonyl (C=O) groups excluding carboxylic acids is 1. The van der Waals surface area contributed by atoms with E-state index < -0.39 is 28.4 Å². The summed E-state index contributed by atoms with van der Waals surface area (Å²) in [6.07, 6.45) is -1.31. The van der Waals surface area contributed by atoms with Gasteiger partial charge in [0.2, 0.25) is 0 Å². The molecule has 2 aromatic rings. The standard InChI is InChI=1S/C16H16F3N3O2S/c1-7(2)22-14(24)10(6-20-22)13(23)9-4-5-11-12(8(9)3)21-15(25-11)16(17,18)19/h5-7,9,20H,4H2,1-3H3. The van der Waals surface area contributed by atoms with Gasteiger partial charge in [0.15, 0.2) is 10.8 Å². The topological polar surface area (TPSA) is 67.8 Å². The minimum atomic E-state index is -4.51. The van der Waals surface area contributed by atoms with Gasteiger partial charge in [0.1, 0.15) is 5.56 Å². The van der Waals surface area contributed by atoms with Crippen molar-refractivity contribution in [2.75, 3.05) is 0 Å². The van der Waals surface area contributed by atoms with Gasteiger partial charge in [-0.2, -0.15) is 13.2 Å². The Balaban J connectivity index is 2.04.